The Hall–Kier alpha value is -3.65. The lowest BCUT2D eigenvalue weighted by Gasteiger charge is -2.37. The SMILES string of the molecule is O=C(O)N[C@@H]1CCCC[C@H]1C(=O)NCc1ccc(C(=O)Nc2ccc(Cl)cc2N2CCN(CCC(F)(F)F)CC2)c(F)c1F. The highest BCUT2D eigenvalue weighted by atomic mass is 35.5. The van der Waals surface area contributed by atoms with Crippen molar-refractivity contribution in [2.24, 2.45) is 5.92 Å². The van der Waals surface area contributed by atoms with Crippen LogP contribution in [-0.4, -0.2) is 72.9 Å². The Balaban J connectivity index is 1.40. The number of alkyl halides is 3. The van der Waals surface area contributed by atoms with Crippen molar-refractivity contribution >= 4 is 40.9 Å². The number of hydrogen-bond acceptors (Lipinski definition) is 5. The van der Waals surface area contributed by atoms with E-state index in [4.69, 9.17) is 16.7 Å². The maximum absolute atomic E-state index is 15.1. The molecule has 4 rings (SSSR count). The Morgan fingerprint density at radius 1 is 0.977 bits per heavy atom. The summed E-state index contributed by atoms with van der Waals surface area (Å²) >= 11 is 6.17. The zero-order valence-electron chi connectivity index (χ0n) is 23.7. The number of nitrogens with zero attached hydrogens (tertiary/aromatic N) is 2. The number of anilines is 2. The normalized spacial score (nSPS) is 19.4. The van der Waals surface area contributed by atoms with Gasteiger partial charge in [0, 0.05) is 55.9 Å². The molecule has 1 aliphatic carbocycles. The molecule has 0 bridgehead atoms. The van der Waals surface area contributed by atoms with Gasteiger partial charge in [-0.25, -0.2) is 13.6 Å². The first-order chi connectivity index (χ1) is 20.8. The minimum absolute atomic E-state index is 0.121. The lowest BCUT2D eigenvalue weighted by atomic mass is 9.84. The quantitative estimate of drug-likeness (QED) is 0.272. The molecule has 1 saturated heterocycles. The summed E-state index contributed by atoms with van der Waals surface area (Å²) in [6.07, 6.45) is -3.97. The first-order valence-electron chi connectivity index (χ1n) is 14.2. The average molecular weight is 646 g/mol. The summed E-state index contributed by atoms with van der Waals surface area (Å²) in [6, 6.07) is 6.29. The largest absolute Gasteiger partial charge is 0.465 e. The number of benzene rings is 2. The van der Waals surface area contributed by atoms with Crippen molar-refractivity contribution in [1.82, 2.24) is 15.5 Å². The summed E-state index contributed by atoms with van der Waals surface area (Å²) < 4.78 is 67.9. The minimum Gasteiger partial charge on any atom is -0.465 e. The smallest absolute Gasteiger partial charge is 0.404 e. The van der Waals surface area contributed by atoms with Crippen LogP contribution in [-0.2, 0) is 11.3 Å². The zero-order valence-corrected chi connectivity index (χ0v) is 24.4. The molecule has 4 N–H and O–H groups in total. The summed E-state index contributed by atoms with van der Waals surface area (Å²) in [5.41, 5.74) is -0.0220. The summed E-state index contributed by atoms with van der Waals surface area (Å²) in [7, 11) is 0. The molecular weight excluding hydrogens is 613 g/mol. The second-order valence-corrected chi connectivity index (χ2v) is 11.3. The summed E-state index contributed by atoms with van der Waals surface area (Å²) in [6.45, 7) is 0.938. The van der Waals surface area contributed by atoms with Gasteiger partial charge in [0.25, 0.3) is 5.91 Å². The predicted octanol–water partition coefficient (Wildman–Crippen LogP) is 5.39. The number of rotatable bonds is 9. The molecule has 2 atom stereocenters. The van der Waals surface area contributed by atoms with E-state index in [1.807, 2.05) is 4.90 Å². The first-order valence-corrected chi connectivity index (χ1v) is 14.6. The van der Waals surface area contributed by atoms with Crippen LogP contribution in [0.2, 0.25) is 5.02 Å². The van der Waals surface area contributed by atoms with Gasteiger partial charge in [-0.05, 0) is 37.1 Å². The number of halogens is 6. The molecule has 3 amide bonds. The summed E-state index contributed by atoms with van der Waals surface area (Å²) in [4.78, 5) is 40.4. The minimum atomic E-state index is -4.25. The zero-order chi connectivity index (χ0) is 32.0. The van der Waals surface area contributed by atoms with Gasteiger partial charge in [-0.15, -0.1) is 0 Å². The van der Waals surface area contributed by atoms with Crippen molar-refractivity contribution in [1.29, 1.82) is 0 Å². The van der Waals surface area contributed by atoms with Crippen LogP contribution in [0.1, 0.15) is 48.0 Å². The van der Waals surface area contributed by atoms with Gasteiger partial charge in [-0.2, -0.15) is 13.2 Å². The fraction of sp³-hybridized carbons (Fsp3) is 0.483. The highest BCUT2D eigenvalue weighted by Crippen LogP contribution is 2.32. The van der Waals surface area contributed by atoms with Gasteiger partial charge in [0.15, 0.2) is 11.6 Å². The third kappa shape index (κ3) is 8.72. The lowest BCUT2D eigenvalue weighted by Crippen LogP contribution is -2.47. The molecule has 15 heteroatoms. The molecule has 1 saturated carbocycles. The molecule has 240 valence electrons. The van der Waals surface area contributed by atoms with Gasteiger partial charge < -0.3 is 26.0 Å². The monoisotopic (exact) mass is 645 g/mol. The standard InChI is InChI=1S/C29H33ClF5N5O4/c30-18-6-8-22(23(15-18)40-13-11-39(12-14-40)10-9-29(33,34)35)37-27(42)20-7-5-17(24(31)25(20)32)16-36-26(41)19-3-1-2-4-21(19)38-28(43)44/h5-8,15,19,21,38H,1-4,9-14,16H2,(H,36,41)(H,37,42)(H,43,44)/t19-,21-/m1/s1. The molecule has 0 aromatic heterocycles. The fourth-order valence-corrected chi connectivity index (χ4v) is 5.72. The fourth-order valence-electron chi connectivity index (χ4n) is 5.55. The second kappa shape index (κ2) is 14.4. The van der Waals surface area contributed by atoms with Crippen LogP contribution in [0.5, 0.6) is 0 Å². The first kappa shape index (κ1) is 33.2. The van der Waals surface area contributed by atoms with Crippen molar-refractivity contribution in [3.63, 3.8) is 0 Å². The maximum atomic E-state index is 15.1. The molecule has 44 heavy (non-hydrogen) atoms. The molecule has 0 spiro atoms. The Morgan fingerprint density at radius 3 is 2.36 bits per heavy atom. The number of amides is 3. The van der Waals surface area contributed by atoms with Gasteiger partial charge in [0.05, 0.1) is 29.3 Å². The summed E-state index contributed by atoms with van der Waals surface area (Å²) in [5, 5.41) is 16.8. The average Bonchev–Trinajstić information content (AvgIpc) is 2.97. The van der Waals surface area contributed by atoms with Gasteiger partial charge in [0.2, 0.25) is 5.91 Å². The number of carboxylic acid groups (broad SMARTS) is 1. The number of piperazine rings is 1. The third-order valence-electron chi connectivity index (χ3n) is 7.90. The van der Waals surface area contributed by atoms with Gasteiger partial charge >= 0.3 is 12.3 Å². The van der Waals surface area contributed by atoms with Crippen molar-refractivity contribution in [3.05, 3.63) is 58.1 Å². The van der Waals surface area contributed by atoms with E-state index in [1.165, 1.54) is 18.2 Å². The molecule has 1 heterocycles. The van der Waals surface area contributed by atoms with Gasteiger partial charge in [-0.3, -0.25) is 14.5 Å². The number of hydrogen-bond donors (Lipinski definition) is 4. The van der Waals surface area contributed by atoms with E-state index >= 15 is 8.78 Å². The molecule has 2 aliphatic rings. The Kier molecular flexibility index (Phi) is 10.9. The van der Waals surface area contributed by atoms with E-state index in [2.05, 4.69) is 16.0 Å². The highest BCUT2D eigenvalue weighted by molar-refractivity contribution is 6.31. The van der Waals surface area contributed by atoms with Crippen LogP contribution in [0.15, 0.2) is 30.3 Å². The highest BCUT2D eigenvalue weighted by Gasteiger charge is 2.32. The molecule has 0 unspecified atom stereocenters. The van der Waals surface area contributed by atoms with E-state index in [9.17, 15) is 27.6 Å². The number of carbonyl (C=O) groups excluding carboxylic acids is 2. The molecule has 9 nitrogen and oxygen atoms in total. The predicted molar refractivity (Wildman–Crippen MR) is 154 cm³/mol. The molecule has 2 aromatic rings. The van der Waals surface area contributed by atoms with Crippen molar-refractivity contribution in [2.75, 3.05) is 42.9 Å². The number of carbonyl (C=O) groups is 3. The van der Waals surface area contributed by atoms with E-state index < -0.39 is 59.7 Å². The Labute approximate surface area is 255 Å². The van der Waals surface area contributed by atoms with Crippen LogP contribution >= 0.6 is 11.6 Å². The topological polar surface area (TPSA) is 114 Å². The van der Waals surface area contributed by atoms with Crippen LogP contribution in [0.3, 0.4) is 0 Å². The molecule has 1 aliphatic heterocycles. The third-order valence-corrected chi connectivity index (χ3v) is 8.14. The Bertz CT molecular complexity index is 1370. The molecule has 2 fully saturated rings. The Morgan fingerprint density at radius 2 is 1.68 bits per heavy atom. The van der Waals surface area contributed by atoms with Crippen molar-refractivity contribution in [2.45, 2.75) is 50.9 Å². The summed E-state index contributed by atoms with van der Waals surface area (Å²) in [5.74, 6) is -4.79. The second-order valence-electron chi connectivity index (χ2n) is 10.9. The maximum Gasteiger partial charge on any atom is 0.404 e. The van der Waals surface area contributed by atoms with Gasteiger partial charge in [0.1, 0.15) is 0 Å². The van der Waals surface area contributed by atoms with Crippen LogP contribution < -0.4 is 20.9 Å². The van der Waals surface area contributed by atoms with Gasteiger partial charge in [-0.1, -0.05) is 30.5 Å². The van der Waals surface area contributed by atoms with Crippen LogP contribution in [0.4, 0.5) is 38.1 Å². The van der Waals surface area contributed by atoms with Crippen molar-refractivity contribution in [3.8, 4) is 0 Å². The van der Waals surface area contributed by atoms with E-state index in [1.54, 1.807) is 11.0 Å². The molecule has 2 aromatic carbocycles. The molecular formula is C29H33ClF5N5O4. The lowest BCUT2D eigenvalue weighted by molar-refractivity contribution is -0.138. The van der Waals surface area contributed by atoms with E-state index in [0.29, 0.717) is 49.7 Å². The van der Waals surface area contributed by atoms with Crippen molar-refractivity contribution < 1.29 is 41.4 Å². The van der Waals surface area contributed by atoms with Crippen LogP contribution in [0, 0.1) is 17.6 Å². The van der Waals surface area contributed by atoms with E-state index in [-0.39, 0.29) is 24.3 Å². The number of nitrogens with one attached hydrogen (secondary N) is 3. The van der Waals surface area contributed by atoms with Crippen LogP contribution in [0.25, 0.3) is 0 Å². The molecule has 0 radical (unpaired) electrons. The van der Waals surface area contributed by atoms with E-state index in [0.717, 1.165) is 18.9 Å².